The molecule has 1 amide bonds. The maximum absolute atomic E-state index is 11.6. The van der Waals surface area contributed by atoms with Gasteiger partial charge in [-0.1, -0.05) is 23.3 Å². The number of aromatic amines is 1. The van der Waals surface area contributed by atoms with Crippen LogP contribution in [0.2, 0.25) is 0 Å². The Kier molecular flexibility index (Phi) is 4.98. The Morgan fingerprint density at radius 2 is 1.83 bits per heavy atom. The number of pyridine rings is 1. The molecule has 1 aliphatic rings. The lowest BCUT2D eigenvalue weighted by molar-refractivity contribution is -0.729. The van der Waals surface area contributed by atoms with Gasteiger partial charge in [0, 0.05) is 11.5 Å². The molecule has 3 heterocycles. The fourth-order valence-electron chi connectivity index (χ4n) is 2.56. The Bertz CT molecular complexity index is 857. The molecule has 6 nitrogen and oxygen atoms in total. The summed E-state index contributed by atoms with van der Waals surface area (Å²) >= 11 is 0. The summed E-state index contributed by atoms with van der Waals surface area (Å²) in [5, 5.41) is 6.69. The molecule has 0 saturated heterocycles. The number of carbonyl (C=O) groups excluding carboxylic acids is 1. The van der Waals surface area contributed by atoms with Crippen molar-refractivity contribution in [1.29, 1.82) is 0 Å². The fourth-order valence-corrected chi connectivity index (χ4v) is 2.56. The fraction of sp³-hybridized carbons (Fsp3) is 0.0667. The Balaban J connectivity index is 0.000000960. The second-order valence-electron chi connectivity index (χ2n) is 4.87. The highest BCUT2D eigenvalue weighted by Gasteiger charge is 2.27. The number of hydrogen-bond donors (Lipinski definition) is 2. The Morgan fingerprint density at radius 1 is 1.04 bits per heavy atom. The van der Waals surface area contributed by atoms with Crippen molar-refractivity contribution in [2.75, 3.05) is 5.43 Å². The molecule has 3 N–H and O–H groups in total. The number of anilines is 1. The van der Waals surface area contributed by atoms with E-state index in [1.54, 1.807) is 4.68 Å². The van der Waals surface area contributed by atoms with Gasteiger partial charge in [0.2, 0.25) is 0 Å². The average Bonchev–Trinajstić information content (AvgIpc) is 2.54. The molecule has 0 radical (unpaired) electrons. The molecule has 0 saturated carbocycles. The first-order chi connectivity index (χ1) is 10.3. The van der Waals surface area contributed by atoms with Crippen LogP contribution < -0.4 is 45.3 Å². The number of aromatic nitrogens is 3. The van der Waals surface area contributed by atoms with Crippen molar-refractivity contribution in [2.24, 2.45) is 0 Å². The molecule has 1 aromatic carbocycles. The van der Waals surface area contributed by atoms with Gasteiger partial charge in [-0.25, -0.2) is 4.98 Å². The SMILES string of the molecule is O=C1C[n+]2nc(-c3ccc[nH+]c3)c3ccccc3c2NN1.[Cl-].[Cl-]. The third-order valence-electron chi connectivity index (χ3n) is 3.51. The van der Waals surface area contributed by atoms with Crippen molar-refractivity contribution < 1.29 is 39.3 Å². The highest BCUT2D eigenvalue weighted by Crippen LogP contribution is 2.28. The number of amides is 1. The quantitative estimate of drug-likeness (QED) is 0.430. The largest absolute Gasteiger partial charge is 1.00 e. The first-order valence-corrected chi connectivity index (χ1v) is 6.67. The lowest BCUT2D eigenvalue weighted by atomic mass is 10.1. The molecule has 3 aromatic rings. The van der Waals surface area contributed by atoms with Gasteiger partial charge in [0.25, 0.3) is 5.91 Å². The van der Waals surface area contributed by atoms with E-state index in [2.05, 4.69) is 20.9 Å². The van der Waals surface area contributed by atoms with Gasteiger partial charge < -0.3 is 24.8 Å². The molecule has 0 unspecified atom stereocenters. The maximum Gasteiger partial charge on any atom is 0.327 e. The number of hydrogen-bond acceptors (Lipinski definition) is 3. The van der Waals surface area contributed by atoms with Crippen molar-refractivity contribution in [3.8, 4) is 11.3 Å². The smallest absolute Gasteiger partial charge is 0.327 e. The standard InChI is InChI=1S/C15H11N5O.2ClH/c21-13-9-20-15(18-17-13)12-6-2-1-5-11(12)14(19-20)10-4-3-7-16-8-10;;/h1-8H,9H2,(H,17,19,21);2*1H. The number of fused-ring (bicyclic) bond motifs is 3. The summed E-state index contributed by atoms with van der Waals surface area (Å²) in [7, 11) is 0. The Labute approximate surface area is 144 Å². The Hall–Kier alpha value is -2.44. The maximum atomic E-state index is 11.6. The van der Waals surface area contributed by atoms with Crippen molar-refractivity contribution in [3.05, 3.63) is 48.8 Å². The van der Waals surface area contributed by atoms with Gasteiger partial charge in [0.1, 0.15) is 5.69 Å². The second kappa shape index (κ2) is 6.76. The molecule has 2 aromatic heterocycles. The zero-order valence-electron chi connectivity index (χ0n) is 11.9. The van der Waals surface area contributed by atoms with Crippen molar-refractivity contribution >= 4 is 22.5 Å². The number of halogens is 2. The number of nitrogens with zero attached hydrogens (tertiary/aromatic N) is 2. The highest BCUT2D eigenvalue weighted by molar-refractivity contribution is 5.99. The normalized spacial score (nSPS) is 12.3. The van der Waals surface area contributed by atoms with Gasteiger partial charge in [-0.05, 0) is 12.1 Å². The number of rotatable bonds is 1. The van der Waals surface area contributed by atoms with Gasteiger partial charge in [0.05, 0.1) is 10.9 Å². The molecule has 4 rings (SSSR count). The molecule has 0 aliphatic carbocycles. The summed E-state index contributed by atoms with van der Waals surface area (Å²) in [5.41, 5.74) is 7.39. The van der Waals surface area contributed by atoms with E-state index in [4.69, 9.17) is 0 Å². The zero-order chi connectivity index (χ0) is 14.2. The van der Waals surface area contributed by atoms with Crippen molar-refractivity contribution in [3.63, 3.8) is 0 Å². The van der Waals surface area contributed by atoms with E-state index in [-0.39, 0.29) is 37.3 Å². The predicted octanol–water partition coefficient (Wildman–Crippen LogP) is -5.53. The van der Waals surface area contributed by atoms with E-state index in [1.807, 2.05) is 48.8 Å². The molecule has 0 fully saturated rings. The van der Waals surface area contributed by atoms with Crippen LogP contribution in [0.15, 0.2) is 48.8 Å². The number of nitrogens with one attached hydrogen (secondary N) is 3. The Morgan fingerprint density at radius 3 is 2.57 bits per heavy atom. The van der Waals surface area contributed by atoms with E-state index < -0.39 is 0 Å². The van der Waals surface area contributed by atoms with Crippen molar-refractivity contribution in [1.82, 2.24) is 10.5 Å². The molecule has 0 bridgehead atoms. The van der Waals surface area contributed by atoms with Gasteiger partial charge in [-0.2, -0.15) is 10.9 Å². The molecule has 1 aliphatic heterocycles. The average molecular weight is 350 g/mol. The molecular weight excluding hydrogens is 337 g/mol. The van der Waals surface area contributed by atoms with Gasteiger partial charge >= 0.3 is 5.82 Å². The molecule has 118 valence electrons. The van der Waals surface area contributed by atoms with Crippen LogP contribution in [-0.4, -0.2) is 11.0 Å². The highest BCUT2D eigenvalue weighted by atomic mass is 35.5. The van der Waals surface area contributed by atoms with Crippen LogP contribution in [0.4, 0.5) is 5.82 Å². The molecule has 0 atom stereocenters. The van der Waals surface area contributed by atoms with E-state index >= 15 is 0 Å². The third-order valence-corrected chi connectivity index (χ3v) is 3.51. The minimum atomic E-state index is -0.110. The van der Waals surface area contributed by atoms with E-state index in [0.717, 1.165) is 27.8 Å². The van der Waals surface area contributed by atoms with Crippen LogP contribution in [0.25, 0.3) is 22.0 Å². The topological polar surface area (TPSA) is 72.0 Å². The second-order valence-corrected chi connectivity index (χ2v) is 4.87. The van der Waals surface area contributed by atoms with Gasteiger partial charge in [0.15, 0.2) is 18.9 Å². The van der Waals surface area contributed by atoms with Crippen molar-refractivity contribution in [2.45, 2.75) is 6.54 Å². The molecular formula is C15H13Cl2N5O. The van der Waals surface area contributed by atoms with Crippen LogP contribution in [0.3, 0.4) is 0 Å². The lowest BCUT2D eigenvalue weighted by Crippen LogP contribution is -3.00. The number of benzene rings is 1. The first-order valence-electron chi connectivity index (χ1n) is 6.67. The predicted molar refractivity (Wildman–Crippen MR) is 75.7 cm³/mol. The van der Waals surface area contributed by atoms with E-state index in [1.165, 1.54) is 0 Å². The first kappa shape index (κ1) is 16.9. The van der Waals surface area contributed by atoms with E-state index in [0.29, 0.717) is 0 Å². The third kappa shape index (κ3) is 2.91. The molecule has 8 heteroatoms. The summed E-state index contributed by atoms with van der Waals surface area (Å²) in [4.78, 5) is 14.6. The minimum Gasteiger partial charge on any atom is -1.00 e. The number of hydrazine groups is 1. The monoisotopic (exact) mass is 349 g/mol. The molecule has 0 spiro atoms. The summed E-state index contributed by atoms with van der Waals surface area (Å²) in [6, 6.07) is 11.9. The summed E-state index contributed by atoms with van der Waals surface area (Å²) in [6.45, 7) is 0.205. The van der Waals surface area contributed by atoms with Crippen LogP contribution in [0, 0.1) is 0 Å². The van der Waals surface area contributed by atoms with E-state index in [9.17, 15) is 4.79 Å². The summed E-state index contributed by atoms with van der Waals surface area (Å²) in [6.07, 6.45) is 3.75. The summed E-state index contributed by atoms with van der Waals surface area (Å²) < 4.78 is 1.70. The van der Waals surface area contributed by atoms with Crippen LogP contribution in [-0.2, 0) is 11.3 Å². The van der Waals surface area contributed by atoms with Crippen LogP contribution >= 0.6 is 0 Å². The van der Waals surface area contributed by atoms with Crippen LogP contribution in [0.5, 0.6) is 0 Å². The van der Waals surface area contributed by atoms with Crippen LogP contribution in [0.1, 0.15) is 0 Å². The number of carbonyl (C=O) groups is 1. The van der Waals surface area contributed by atoms with Gasteiger partial charge in [-0.15, -0.1) is 4.68 Å². The van der Waals surface area contributed by atoms with Gasteiger partial charge in [-0.3, -0.25) is 4.79 Å². The zero-order valence-corrected chi connectivity index (χ0v) is 13.4. The minimum absolute atomic E-state index is 0. The number of H-pyrrole nitrogens is 1. The summed E-state index contributed by atoms with van der Waals surface area (Å²) in [5.74, 6) is 0.690. The molecule has 23 heavy (non-hydrogen) atoms. The lowest BCUT2D eigenvalue weighted by Gasteiger charge is -2.14.